The highest BCUT2D eigenvalue weighted by atomic mass is 15.2. The van der Waals surface area contributed by atoms with Crippen LogP contribution >= 0.6 is 0 Å². The van der Waals surface area contributed by atoms with E-state index < -0.39 is 0 Å². The Bertz CT molecular complexity index is 595. The maximum atomic E-state index is 5.62. The van der Waals surface area contributed by atoms with Gasteiger partial charge in [-0.05, 0) is 43.0 Å². The van der Waals surface area contributed by atoms with Gasteiger partial charge in [0.1, 0.15) is 5.82 Å². The summed E-state index contributed by atoms with van der Waals surface area (Å²) in [5, 5.41) is 0. The minimum Gasteiger partial charge on any atom is -0.356 e. The Morgan fingerprint density at radius 1 is 1.29 bits per heavy atom. The number of pyridine rings is 1. The Labute approximate surface area is 126 Å². The van der Waals surface area contributed by atoms with Gasteiger partial charge in [0.05, 0.1) is 0 Å². The normalized spacial score (nSPS) is 18.2. The lowest BCUT2D eigenvalue weighted by atomic mass is 9.99. The first-order valence-corrected chi connectivity index (χ1v) is 7.73. The fourth-order valence-electron chi connectivity index (χ4n) is 3.21. The van der Waals surface area contributed by atoms with E-state index in [1.807, 2.05) is 6.20 Å². The van der Waals surface area contributed by atoms with E-state index >= 15 is 0 Å². The molecule has 2 heterocycles. The number of aromatic nitrogens is 1. The highest BCUT2D eigenvalue weighted by molar-refractivity contribution is 5.49. The Balaban J connectivity index is 1.74. The molecule has 110 valence electrons. The second-order valence-electron chi connectivity index (χ2n) is 5.87. The molecule has 0 spiro atoms. The van der Waals surface area contributed by atoms with E-state index in [2.05, 4.69) is 53.2 Å². The molecule has 3 heteroatoms. The van der Waals surface area contributed by atoms with Crippen LogP contribution in [0.5, 0.6) is 0 Å². The van der Waals surface area contributed by atoms with Gasteiger partial charge >= 0.3 is 0 Å². The van der Waals surface area contributed by atoms with E-state index in [1.54, 1.807) is 0 Å². The number of hydrogen-bond acceptors (Lipinski definition) is 3. The van der Waals surface area contributed by atoms with Gasteiger partial charge in [-0.3, -0.25) is 0 Å². The number of benzene rings is 1. The second-order valence-corrected chi connectivity index (χ2v) is 5.87. The van der Waals surface area contributed by atoms with E-state index in [0.29, 0.717) is 12.5 Å². The van der Waals surface area contributed by atoms with Gasteiger partial charge in [-0.1, -0.05) is 36.4 Å². The van der Waals surface area contributed by atoms with Crippen molar-refractivity contribution in [2.45, 2.75) is 25.7 Å². The van der Waals surface area contributed by atoms with Gasteiger partial charge in [-0.25, -0.2) is 4.98 Å². The number of rotatable bonds is 4. The molecule has 0 saturated carbocycles. The average Bonchev–Trinajstić information content (AvgIpc) is 2.98. The predicted octanol–water partition coefficient (Wildman–Crippen LogP) is 2.89. The molecule has 1 aliphatic rings. The lowest BCUT2D eigenvalue weighted by Crippen LogP contribution is -2.21. The molecule has 0 radical (unpaired) electrons. The topological polar surface area (TPSA) is 42.1 Å². The Morgan fingerprint density at radius 3 is 2.81 bits per heavy atom. The summed E-state index contributed by atoms with van der Waals surface area (Å²) in [6.07, 6.45) is 4.08. The molecule has 1 saturated heterocycles. The molecule has 1 aliphatic heterocycles. The minimum absolute atomic E-state index is 0.621. The third kappa shape index (κ3) is 3.08. The van der Waals surface area contributed by atoms with Gasteiger partial charge in [-0.15, -0.1) is 0 Å². The minimum atomic E-state index is 0.621. The van der Waals surface area contributed by atoms with Crippen molar-refractivity contribution in [2.75, 3.05) is 24.5 Å². The first-order valence-electron chi connectivity index (χ1n) is 7.73. The summed E-state index contributed by atoms with van der Waals surface area (Å²) >= 11 is 0. The van der Waals surface area contributed by atoms with E-state index in [-0.39, 0.29) is 0 Å². The summed E-state index contributed by atoms with van der Waals surface area (Å²) in [5.74, 6) is 1.75. The number of hydrogen-bond donors (Lipinski definition) is 1. The Kier molecular flexibility index (Phi) is 4.20. The lowest BCUT2D eigenvalue weighted by molar-refractivity contribution is 0.774. The molecule has 1 fully saturated rings. The van der Waals surface area contributed by atoms with Crippen LogP contribution in [0.2, 0.25) is 0 Å². The monoisotopic (exact) mass is 281 g/mol. The van der Waals surface area contributed by atoms with Crippen molar-refractivity contribution < 1.29 is 0 Å². The van der Waals surface area contributed by atoms with Crippen LogP contribution in [0.1, 0.15) is 29.0 Å². The van der Waals surface area contributed by atoms with Crippen molar-refractivity contribution in [3.05, 3.63) is 59.3 Å². The first-order chi connectivity index (χ1) is 10.3. The summed E-state index contributed by atoms with van der Waals surface area (Å²) < 4.78 is 0. The largest absolute Gasteiger partial charge is 0.356 e. The van der Waals surface area contributed by atoms with Gasteiger partial charge < -0.3 is 10.6 Å². The summed E-state index contributed by atoms with van der Waals surface area (Å²) in [5.41, 5.74) is 9.55. The fourth-order valence-corrected chi connectivity index (χ4v) is 3.21. The van der Waals surface area contributed by atoms with E-state index in [4.69, 9.17) is 5.73 Å². The molecule has 1 aromatic heterocycles. The van der Waals surface area contributed by atoms with Gasteiger partial charge in [0, 0.05) is 25.2 Å². The molecule has 2 N–H and O–H groups in total. The number of nitrogens with zero attached hydrogens (tertiary/aromatic N) is 2. The second kappa shape index (κ2) is 6.27. The zero-order valence-corrected chi connectivity index (χ0v) is 12.6. The van der Waals surface area contributed by atoms with Crippen LogP contribution in [0.4, 0.5) is 5.82 Å². The van der Waals surface area contributed by atoms with Gasteiger partial charge in [0.2, 0.25) is 0 Å². The van der Waals surface area contributed by atoms with Crippen LogP contribution in [0.15, 0.2) is 42.6 Å². The zero-order chi connectivity index (χ0) is 14.7. The fraction of sp³-hybridized carbons (Fsp3) is 0.389. The van der Waals surface area contributed by atoms with E-state index in [1.165, 1.54) is 23.1 Å². The van der Waals surface area contributed by atoms with Crippen molar-refractivity contribution >= 4 is 5.82 Å². The summed E-state index contributed by atoms with van der Waals surface area (Å²) in [4.78, 5) is 7.09. The molecule has 0 bridgehead atoms. The standard InChI is InChI=1S/C18H23N3/c1-14-11-15(7-9-19)12-20-18(14)21-10-8-17(13-21)16-5-3-2-4-6-16/h2-6,11-12,17H,7-10,13,19H2,1H3. The predicted molar refractivity (Wildman–Crippen MR) is 87.7 cm³/mol. The van der Waals surface area contributed by atoms with Crippen molar-refractivity contribution in [1.82, 2.24) is 4.98 Å². The molecule has 1 aromatic carbocycles. The van der Waals surface area contributed by atoms with Crippen LogP contribution in [0, 0.1) is 6.92 Å². The summed E-state index contributed by atoms with van der Waals surface area (Å²) in [6, 6.07) is 13.0. The van der Waals surface area contributed by atoms with Crippen LogP contribution in [-0.2, 0) is 6.42 Å². The Morgan fingerprint density at radius 2 is 2.10 bits per heavy atom. The summed E-state index contributed by atoms with van der Waals surface area (Å²) in [6.45, 7) is 4.98. The molecular weight excluding hydrogens is 258 g/mol. The number of nitrogens with two attached hydrogens (primary N) is 1. The molecule has 0 aliphatic carbocycles. The smallest absolute Gasteiger partial charge is 0.131 e. The van der Waals surface area contributed by atoms with Crippen molar-refractivity contribution in [3.63, 3.8) is 0 Å². The molecular formula is C18H23N3. The SMILES string of the molecule is Cc1cc(CCN)cnc1N1CCC(c2ccccc2)C1. The molecule has 21 heavy (non-hydrogen) atoms. The van der Waals surface area contributed by atoms with Crippen LogP contribution in [0.25, 0.3) is 0 Å². The van der Waals surface area contributed by atoms with Gasteiger partial charge in [0.15, 0.2) is 0 Å². The van der Waals surface area contributed by atoms with Crippen LogP contribution in [0.3, 0.4) is 0 Å². The molecule has 3 nitrogen and oxygen atoms in total. The highest BCUT2D eigenvalue weighted by Crippen LogP contribution is 2.31. The third-order valence-electron chi connectivity index (χ3n) is 4.30. The van der Waals surface area contributed by atoms with Crippen LogP contribution < -0.4 is 10.6 Å². The van der Waals surface area contributed by atoms with Crippen molar-refractivity contribution in [3.8, 4) is 0 Å². The molecule has 1 atom stereocenters. The maximum absolute atomic E-state index is 5.62. The lowest BCUT2D eigenvalue weighted by Gasteiger charge is -2.20. The Hall–Kier alpha value is -1.87. The molecule has 1 unspecified atom stereocenters. The maximum Gasteiger partial charge on any atom is 0.131 e. The average molecular weight is 281 g/mol. The highest BCUT2D eigenvalue weighted by Gasteiger charge is 2.25. The van der Waals surface area contributed by atoms with E-state index in [9.17, 15) is 0 Å². The third-order valence-corrected chi connectivity index (χ3v) is 4.30. The first kappa shape index (κ1) is 14.1. The van der Waals surface area contributed by atoms with Gasteiger partial charge in [0.25, 0.3) is 0 Å². The van der Waals surface area contributed by atoms with E-state index in [0.717, 1.165) is 25.3 Å². The van der Waals surface area contributed by atoms with Crippen LogP contribution in [-0.4, -0.2) is 24.6 Å². The molecule has 3 rings (SSSR count). The van der Waals surface area contributed by atoms with Crippen molar-refractivity contribution in [2.24, 2.45) is 5.73 Å². The van der Waals surface area contributed by atoms with Crippen molar-refractivity contribution in [1.29, 1.82) is 0 Å². The summed E-state index contributed by atoms with van der Waals surface area (Å²) in [7, 11) is 0. The molecule has 2 aromatic rings. The van der Waals surface area contributed by atoms with Gasteiger partial charge in [-0.2, -0.15) is 0 Å². The quantitative estimate of drug-likeness (QED) is 0.937. The number of anilines is 1. The molecule has 0 amide bonds. The zero-order valence-electron chi connectivity index (χ0n) is 12.6. The number of aryl methyl sites for hydroxylation is 1.